The van der Waals surface area contributed by atoms with Crippen LogP contribution >= 0.6 is 0 Å². The normalized spacial score (nSPS) is 19.6. The molecule has 2 heteroatoms. The van der Waals surface area contributed by atoms with E-state index in [2.05, 4.69) is 0 Å². The van der Waals surface area contributed by atoms with Crippen molar-refractivity contribution in [3.8, 4) is 0 Å². The summed E-state index contributed by atoms with van der Waals surface area (Å²) in [4.78, 5) is 12.9. The Balaban J connectivity index is 2.31. The Morgan fingerprint density at radius 2 is 2.22 bits per heavy atom. The standard InChI is InChI=1S/C7H13NO/c1-3-6(2)7(9)8-4-5-8/h6H,3-5H2,1-2H3. The number of hydrogen-bond donors (Lipinski definition) is 0. The molecular formula is C7H13NO. The van der Waals surface area contributed by atoms with Crippen LogP contribution in [0.25, 0.3) is 0 Å². The first-order valence-electron chi connectivity index (χ1n) is 3.54. The molecule has 1 fully saturated rings. The molecule has 1 aliphatic heterocycles. The molecule has 0 saturated carbocycles. The molecule has 1 atom stereocenters. The van der Waals surface area contributed by atoms with Gasteiger partial charge in [-0.3, -0.25) is 4.79 Å². The largest absolute Gasteiger partial charge is 0.339 e. The fourth-order valence-corrected chi connectivity index (χ4v) is 0.757. The zero-order valence-corrected chi connectivity index (χ0v) is 6.05. The Labute approximate surface area is 55.8 Å². The number of nitrogens with zero attached hydrogens (tertiary/aromatic N) is 1. The highest BCUT2D eigenvalue weighted by atomic mass is 16.2. The molecule has 1 amide bonds. The molecule has 0 aromatic rings. The van der Waals surface area contributed by atoms with Gasteiger partial charge in [0.25, 0.3) is 0 Å². The topological polar surface area (TPSA) is 20.1 Å². The van der Waals surface area contributed by atoms with Gasteiger partial charge in [-0.15, -0.1) is 0 Å². The minimum atomic E-state index is 0.243. The lowest BCUT2D eigenvalue weighted by atomic mass is 10.1. The van der Waals surface area contributed by atoms with Crippen LogP contribution in [0.4, 0.5) is 0 Å². The molecular weight excluding hydrogens is 114 g/mol. The Morgan fingerprint density at radius 3 is 2.56 bits per heavy atom. The van der Waals surface area contributed by atoms with E-state index in [-0.39, 0.29) is 5.92 Å². The van der Waals surface area contributed by atoms with Gasteiger partial charge < -0.3 is 4.90 Å². The first kappa shape index (κ1) is 6.59. The SMILES string of the molecule is CCC(C)C(=O)N1CC1. The maximum Gasteiger partial charge on any atom is 0.225 e. The molecule has 0 aromatic heterocycles. The monoisotopic (exact) mass is 127 g/mol. The summed E-state index contributed by atoms with van der Waals surface area (Å²) in [7, 11) is 0. The third-order valence-electron chi connectivity index (χ3n) is 1.79. The summed E-state index contributed by atoms with van der Waals surface area (Å²) in [5, 5.41) is 0. The van der Waals surface area contributed by atoms with Crippen LogP contribution in [0.3, 0.4) is 0 Å². The van der Waals surface area contributed by atoms with E-state index in [1.165, 1.54) is 0 Å². The van der Waals surface area contributed by atoms with E-state index in [0.29, 0.717) is 5.91 Å². The van der Waals surface area contributed by atoms with E-state index >= 15 is 0 Å². The van der Waals surface area contributed by atoms with Gasteiger partial charge in [0.1, 0.15) is 0 Å². The predicted molar refractivity (Wildman–Crippen MR) is 36.0 cm³/mol. The van der Waals surface area contributed by atoms with E-state index in [1.807, 2.05) is 18.7 Å². The van der Waals surface area contributed by atoms with Crippen molar-refractivity contribution in [3.05, 3.63) is 0 Å². The molecule has 0 aromatic carbocycles. The van der Waals surface area contributed by atoms with Gasteiger partial charge in [0.2, 0.25) is 5.91 Å². The molecule has 0 bridgehead atoms. The van der Waals surface area contributed by atoms with Gasteiger partial charge in [0.15, 0.2) is 0 Å². The molecule has 9 heavy (non-hydrogen) atoms. The van der Waals surface area contributed by atoms with E-state index in [0.717, 1.165) is 19.5 Å². The zero-order valence-electron chi connectivity index (χ0n) is 6.05. The van der Waals surface area contributed by atoms with E-state index in [1.54, 1.807) is 0 Å². The van der Waals surface area contributed by atoms with Gasteiger partial charge in [-0.2, -0.15) is 0 Å². The lowest BCUT2D eigenvalue weighted by Gasteiger charge is -2.06. The van der Waals surface area contributed by atoms with Gasteiger partial charge >= 0.3 is 0 Å². The Morgan fingerprint density at radius 1 is 1.67 bits per heavy atom. The molecule has 1 heterocycles. The van der Waals surface area contributed by atoms with Crippen molar-refractivity contribution in [2.24, 2.45) is 5.92 Å². The lowest BCUT2D eigenvalue weighted by molar-refractivity contribution is -0.129. The highest BCUT2D eigenvalue weighted by Gasteiger charge is 2.26. The second kappa shape index (κ2) is 2.38. The molecule has 0 aliphatic carbocycles. The number of carbonyl (C=O) groups excluding carboxylic acids is 1. The van der Waals surface area contributed by atoms with E-state index in [4.69, 9.17) is 0 Å². The molecule has 1 saturated heterocycles. The number of carbonyl (C=O) groups is 1. The summed E-state index contributed by atoms with van der Waals surface area (Å²) in [6, 6.07) is 0. The Bertz CT molecular complexity index is 118. The fourth-order valence-electron chi connectivity index (χ4n) is 0.757. The van der Waals surface area contributed by atoms with Crippen molar-refractivity contribution in [1.29, 1.82) is 0 Å². The molecule has 1 rings (SSSR count). The molecule has 0 N–H and O–H groups in total. The van der Waals surface area contributed by atoms with Gasteiger partial charge in [-0.05, 0) is 6.42 Å². The number of hydrogen-bond acceptors (Lipinski definition) is 1. The molecule has 52 valence electrons. The van der Waals surface area contributed by atoms with Crippen molar-refractivity contribution in [3.63, 3.8) is 0 Å². The summed E-state index contributed by atoms with van der Waals surface area (Å²) >= 11 is 0. The summed E-state index contributed by atoms with van der Waals surface area (Å²) in [6.07, 6.45) is 0.968. The minimum absolute atomic E-state index is 0.243. The van der Waals surface area contributed by atoms with Gasteiger partial charge in [-0.1, -0.05) is 13.8 Å². The van der Waals surface area contributed by atoms with Gasteiger partial charge in [0.05, 0.1) is 0 Å². The third-order valence-corrected chi connectivity index (χ3v) is 1.79. The van der Waals surface area contributed by atoms with Crippen molar-refractivity contribution in [2.75, 3.05) is 13.1 Å². The summed E-state index contributed by atoms with van der Waals surface area (Å²) in [5.74, 6) is 0.574. The second-order valence-corrected chi connectivity index (χ2v) is 2.63. The first-order chi connectivity index (χ1) is 4.25. The maximum atomic E-state index is 11.1. The molecule has 0 spiro atoms. The third kappa shape index (κ3) is 1.44. The quantitative estimate of drug-likeness (QED) is 0.504. The first-order valence-corrected chi connectivity index (χ1v) is 3.54. The van der Waals surface area contributed by atoms with Gasteiger partial charge in [-0.25, -0.2) is 0 Å². The van der Waals surface area contributed by atoms with E-state index in [9.17, 15) is 4.79 Å². The fraction of sp³-hybridized carbons (Fsp3) is 0.857. The molecule has 2 nitrogen and oxygen atoms in total. The Hall–Kier alpha value is -0.530. The van der Waals surface area contributed by atoms with Crippen LogP contribution in [0, 0.1) is 5.92 Å². The van der Waals surface area contributed by atoms with Crippen molar-refractivity contribution in [1.82, 2.24) is 4.90 Å². The van der Waals surface area contributed by atoms with Crippen LogP contribution in [-0.4, -0.2) is 23.9 Å². The van der Waals surface area contributed by atoms with Gasteiger partial charge in [0, 0.05) is 19.0 Å². The average molecular weight is 127 g/mol. The predicted octanol–water partition coefficient (Wildman–Crippen LogP) is 0.875. The summed E-state index contributed by atoms with van der Waals surface area (Å²) in [5.41, 5.74) is 0. The van der Waals surface area contributed by atoms with Crippen LogP contribution in [0.2, 0.25) is 0 Å². The van der Waals surface area contributed by atoms with Crippen molar-refractivity contribution >= 4 is 5.91 Å². The Kier molecular flexibility index (Phi) is 1.74. The molecule has 0 radical (unpaired) electrons. The van der Waals surface area contributed by atoms with Crippen LogP contribution in [-0.2, 0) is 4.79 Å². The minimum Gasteiger partial charge on any atom is -0.339 e. The lowest BCUT2D eigenvalue weighted by Crippen LogP contribution is -2.18. The number of rotatable bonds is 2. The molecule has 1 unspecified atom stereocenters. The van der Waals surface area contributed by atoms with Crippen LogP contribution in [0.5, 0.6) is 0 Å². The average Bonchev–Trinajstić information content (AvgIpc) is 2.66. The van der Waals surface area contributed by atoms with Crippen molar-refractivity contribution in [2.45, 2.75) is 20.3 Å². The highest BCUT2D eigenvalue weighted by Crippen LogP contribution is 2.12. The highest BCUT2D eigenvalue weighted by molar-refractivity contribution is 5.80. The summed E-state index contributed by atoms with van der Waals surface area (Å²) < 4.78 is 0. The summed E-state index contributed by atoms with van der Waals surface area (Å²) in [6.45, 7) is 6.01. The maximum absolute atomic E-state index is 11.1. The van der Waals surface area contributed by atoms with Crippen molar-refractivity contribution < 1.29 is 4.79 Å². The molecule has 1 aliphatic rings. The smallest absolute Gasteiger partial charge is 0.225 e. The van der Waals surface area contributed by atoms with Crippen LogP contribution in [0.1, 0.15) is 20.3 Å². The zero-order chi connectivity index (χ0) is 6.85. The van der Waals surface area contributed by atoms with Crippen LogP contribution < -0.4 is 0 Å². The van der Waals surface area contributed by atoms with E-state index < -0.39 is 0 Å². The van der Waals surface area contributed by atoms with Crippen LogP contribution in [0.15, 0.2) is 0 Å². The second-order valence-electron chi connectivity index (χ2n) is 2.63. The number of amides is 1.